The summed E-state index contributed by atoms with van der Waals surface area (Å²) in [6.07, 6.45) is 0. The SMILES string of the molecule is Cc1ccc(C(=O)O)c(N2CCN(C)C(C)C2)c1. The zero-order chi connectivity index (χ0) is 13.3. The molecule has 1 aromatic rings. The lowest BCUT2D eigenvalue weighted by molar-refractivity contribution is 0.0697. The highest BCUT2D eigenvalue weighted by Gasteiger charge is 2.24. The first-order valence-electron chi connectivity index (χ1n) is 6.28. The van der Waals surface area contributed by atoms with Crippen LogP contribution >= 0.6 is 0 Å². The number of rotatable bonds is 2. The maximum atomic E-state index is 11.3. The monoisotopic (exact) mass is 248 g/mol. The molecule has 0 amide bonds. The van der Waals surface area contributed by atoms with E-state index >= 15 is 0 Å². The van der Waals surface area contributed by atoms with E-state index in [2.05, 4.69) is 23.8 Å². The third-order valence-electron chi connectivity index (χ3n) is 3.68. The molecule has 1 heterocycles. The number of carboxylic acid groups (broad SMARTS) is 1. The van der Waals surface area contributed by atoms with Gasteiger partial charge in [-0.1, -0.05) is 6.07 Å². The number of likely N-dealkylation sites (N-methyl/N-ethyl adjacent to an activating group) is 1. The molecule has 1 unspecified atom stereocenters. The minimum absolute atomic E-state index is 0.400. The Kier molecular flexibility index (Phi) is 3.57. The van der Waals surface area contributed by atoms with Crippen LogP contribution in [0.2, 0.25) is 0 Å². The first kappa shape index (κ1) is 12.9. The number of benzene rings is 1. The molecule has 1 N–H and O–H groups in total. The zero-order valence-corrected chi connectivity index (χ0v) is 11.2. The van der Waals surface area contributed by atoms with Crippen molar-refractivity contribution in [3.05, 3.63) is 29.3 Å². The van der Waals surface area contributed by atoms with Gasteiger partial charge >= 0.3 is 5.97 Å². The molecule has 4 nitrogen and oxygen atoms in total. The van der Waals surface area contributed by atoms with Crippen LogP contribution in [0.25, 0.3) is 0 Å². The summed E-state index contributed by atoms with van der Waals surface area (Å²) in [6.45, 7) is 6.88. The molecule has 0 bridgehead atoms. The third kappa shape index (κ3) is 2.48. The molecule has 0 aliphatic carbocycles. The van der Waals surface area contributed by atoms with E-state index in [-0.39, 0.29) is 0 Å². The fraction of sp³-hybridized carbons (Fsp3) is 0.500. The van der Waals surface area contributed by atoms with Gasteiger partial charge in [0, 0.05) is 25.7 Å². The summed E-state index contributed by atoms with van der Waals surface area (Å²) in [7, 11) is 2.11. The summed E-state index contributed by atoms with van der Waals surface area (Å²) in [4.78, 5) is 15.8. The Morgan fingerprint density at radius 2 is 2.11 bits per heavy atom. The molecule has 4 heteroatoms. The Balaban J connectivity index is 2.32. The van der Waals surface area contributed by atoms with Crippen molar-refractivity contribution >= 4 is 11.7 Å². The lowest BCUT2D eigenvalue weighted by Crippen LogP contribution is -2.50. The number of carbonyl (C=O) groups is 1. The van der Waals surface area contributed by atoms with Crippen molar-refractivity contribution in [2.24, 2.45) is 0 Å². The summed E-state index contributed by atoms with van der Waals surface area (Å²) in [5.74, 6) is -0.850. The molecule has 98 valence electrons. The van der Waals surface area contributed by atoms with Crippen LogP contribution in [-0.4, -0.2) is 48.7 Å². The van der Waals surface area contributed by atoms with Gasteiger partial charge in [-0.25, -0.2) is 4.79 Å². The summed E-state index contributed by atoms with van der Waals surface area (Å²) in [5.41, 5.74) is 2.35. The molecule has 2 rings (SSSR count). The van der Waals surface area contributed by atoms with E-state index in [1.54, 1.807) is 6.07 Å². The fourth-order valence-corrected chi connectivity index (χ4v) is 2.35. The lowest BCUT2D eigenvalue weighted by Gasteiger charge is -2.39. The Morgan fingerprint density at radius 3 is 2.72 bits per heavy atom. The molecule has 0 spiro atoms. The van der Waals surface area contributed by atoms with Crippen molar-refractivity contribution in [3.63, 3.8) is 0 Å². The van der Waals surface area contributed by atoms with Crippen LogP contribution < -0.4 is 4.90 Å². The number of carboxylic acids is 1. The van der Waals surface area contributed by atoms with Crippen molar-refractivity contribution in [2.75, 3.05) is 31.6 Å². The van der Waals surface area contributed by atoms with Crippen molar-refractivity contribution in [1.29, 1.82) is 0 Å². The van der Waals surface area contributed by atoms with E-state index in [0.29, 0.717) is 11.6 Å². The largest absolute Gasteiger partial charge is 0.478 e. The molecule has 0 aromatic heterocycles. The van der Waals surface area contributed by atoms with Gasteiger partial charge in [-0.15, -0.1) is 0 Å². The standard InChI is InChI=1S/C14H20N2O2/c1-10-4-5-12(14(17)18)13(8-10)16-7-6-15(3)11(2)9-16/h4-5,8,11H,6-7,9H2,1-3H3,(H,17,18). The number of aryl methyl sites for hydroxylation is 1. The smallest absolute Gasteiger partial charge is 0.337 e. The molecule has 0 saturated carbocycles. The van der Waals surface area contributed by atoms with Gasteiger partial charge in [0.05, 0.1) is 11.3 Å². The van der Waals surface area contributed by atoms with Gasteiger partial charge in [-0.3, -0.25) is 0 Å². The van der Waals surface area contributed by atoms with Crippen molar-refractivity contribution < 1.29 is 9.90 Å². The quantitative estimate of drug-likeness (QED) is 0.867. The maximum Gasteiger partial charge on any atom is 0.337 e. The normalized spacial score (nSPS) is 21.1. The van der Waals surface area contributed by atoms with E-state index in [9.17, 15) is 9.90 Å². The van der Waals surface area contributed by atoms with Gasteiger partial charge in [0.25, 0.3) is 0 Å². The van der Waals surface area contributed by atoms with E-state index in [4.69, 9.17) is 0 Å². The van der Waals surface area contributed by atoms with E-state index in [1.165, 1.54) is 0 Å². The second kappa shape index (κ2) is 4.98. The summed E-state index contributed by atoms with van der Waals surface area (Å²) < 4.78 is 0. The average molecular weight is 248 g/mol. The van der Waals surface area contributed by atoms with Crippen molar-refractivity contribution in [2.45, 2.75) is 19.9 Å². The third-order valence-corrected chi connectivity index (χ3v) is 3.68. The number of hydrogen-bond donors (Lipinski definition) is 1. The van der Waals surface area contributed by atoms with Crippen molar-refractivity contribution in [3.8, 4) is 0 Å². The van der Waals surface area contributed by atoms with Crippen LogP contribution in [0.4, 0.5) is 5.69 Å². The van der Waals surface area contributed by atoms with Crippen LogP contribution in [0.1, 0.15) is 22.8 Å². The minimum atomic E-state index is -0.850. The highest BCUT2D eigenvalue weighted by atomic mass is 16.4. The Labute approximate surface area is 108 Å². The van der Waals surface area contributed by atoms with Gasteiger partial charge in [-0.2, -0.15) is 0 Å². The second-order valence-electron chi connectivity index (χ2n) is 5.10. The first-order chi connectivity index (χ1) is 8.49. The van der Waals surface area contributed by atoms with Gasteiger partial charge in [0.2, 0.25) is 0 Å². The molecule has 1 aliphatic rings. The molecular formula is C14H20N2O2. The van der Waals surface area contributed by atoms with E-state index in [1.807, 2.05) is 19.1 Å². The van der Waals surface area contributed by atoms with Crippen LogP contribution in [0, 0.1) is 6.92 Å². The molecule has 1 fully saturated rings. The molecule has 0 radical (unpaired) electrons. The van der Waals surface area contributed by atoms with Crippen LogP contribution in [0.5, 0.6) is 0 Å². The minimum Gasteiger partial charge on any atom is -0.478 e. The summed E-state index contributed by atoms with van der Waals surface area (Å²) in [6, 6.07) is 5.98. The second-order valence-corrected chi connectivity index (χ2v) is 5.10. The Hall–Kier alpha value is -1.55. The highest BCUT2D eigenvalue weighted by molar-refractivity contribution is 5.94. The van der Waals surface area contributed by atoms with Crippen LogP contribution in [0.15, 0.2) is 18.2 Å². The van der Waals surface area contributed by atoms with Gasteiger partial charge in [0.1, 0.15) is 0 Å². The topological polar surface area (TPSA) is 43.8 Å². The fourth-order valence-electron chi connectivity index (χ4n) is 2.35. The Morgan fingerprint density at radius 1 is 1.39 bits per heavy atom. The predicted molar refractivity (Wildman–Crippen MR) is 72.4 cm³/mol. The lowest BCUT2D eigenvalue weighted by atomic mass is 10.1. The number of aromatic carboxylic acids is 1. The zero-order valence-electron chi connectivity index (χ0n) is 11.2. The molecule has 1 aromatic carbocycles. The molecule has 1 atom stereocenters. The molecule has 1 saturated heterocycles. The average Bonchev–Trinajstić information content (AvgIpc) is 2.32. The van der Waals surface area contributed by atoms with E-state index < -0.39 is 5.97 Å². The Bertz CT molecular complexity index is 459. The predicted octanol–water partition coefficient (Wildman–Crippen LogP) is 1.83. The molecule has 1 aliphatic heterocycles. The number of piperazine rings is 1. The van der Waals surface area contributed by atoms with E-state index in [0.717, 1.165) is 30.9 Å². The van der Waals surface area contributed by atoms with Crippen LogP contribution in [0.3, 0.4) is 0 Å². The van der Waals surface area contributed by atoms with Gasteiger partial charge < -0.3 is 14.9 Å². The molecular weight excluding hydrogens is 228 g/mol. The van der Waals surface area contributed by atoms with Gasteiger partial charge in [-0.05, 0) is 38.6 Å². The summed E-state index contributed by atoms with van der Waals surface area (Å²) >= 11 is 0. The van der Waals surface area contributed by atoms with Crippen LogP contribution in [-0.2, 0) is 0 Å². The number of anilines is 1. The summed E-state index contributed by atoms with van der Waals surface area (Å²) in [5, 5.41) is 9.27. The van der Waals surface area contributed by atoms with Gasteiger partial charge in [0.15, 0.2) is 0 Å². The number of nitrogens with zero attached hydrogens (tertiary/aromatic N) is 2. The maximum absolute atomic E-state index is 11.3. The number of hydrogen-bond acceptors (Lipinski definition) is 3. The first-order valence-corrected chi connectivity index (χ1v) is 6.28. The highest BCUT2D eigenvalue weighted by Crippen LogP contribution is 2.24. The van der Waals surface area contributed by atoms with Crippen molar-refractivity contribution in [1.82, 2.24) is 4.90 Å². The molecule has 18 heavy (non-hydrogen) atoms.